The highest BCUT2D eigenvalue weighted by molar-refractivity contribution is 7.53. The van der Waals surface area contributed by atoms with E-state index in [2.05, 4.69) is 20.4 Å². The van der Waals surface area contributed by atoms with Gasteiger partial charge < -0.3 is 59.1 Å². The molecule has 4 rings (SSSR count). The number of cyclic esters (lactones) is 1. The van der Waals surface area contributed by atoms with E-state index >= 15 is 4.39 Å². The van der Waals surface area contributed by atoms with Crippen molar-refractivity contribution in [3.8, 4) is 10.6 Å². The van der Waals surface area contributed by atoms with Crippen molar-refractivity contribution >= 4 is 48.3 Å². The largest absolute Gasteiger partial charge is 0.457 e. The molecule has 0 saturated carbocycles. The zero-order valence-electron chi connectivity index (χ0n) is 40.9. The monoisotopic (exact) mass is 1000 g/mol. The number of anilines is 1. The molecule has 23 heteroatoms. The second-order valence-electron chi connectivity index (χ2n) is 18.5. The summed E-state index contributed by atoms with van der Waals surface area (Å²) in [5, 5.41) is 47.5. The predicted molar refractivity (Wildman–Crippen MR) is 251 cm³/mol. The van der Waals surface area contributed by atoms with E-state index in [1.54, 1.807) is 72.7 Å². The third-order valence-electron chi connectivity index (χ3n) is 12.4. The van der Waals surface area contributed by atoms with Gasteiger partial charge in [0.1, 0.15) is 34.7 Å². The molecule has 382 valence electrons. The van der Waals surface area contributed by atoms with Crippen molar-refractivity contribution in [2.24, 2.45) is 17.0 Å². The number of Topliss-reactive ketones (excluding diaryl/α,β-unsaturated/α-hetero) is 1. The number of thiazole rings is 1. The number of ether oxygens (including phenoxy) is 4. The predicted octanol–water partition coefficient (Wildman–Crippen LogP) is 4.79. The lowest BCUT2D eigenvalue weighted by Crippen LogP contribution is -2.60. The van der Waals surface area contributed by atoms with Gasteiger partial charge in [0.05, 0.1) is 35.8 Å². The molecule has 0 aromatic carbocycles. The Morgan fingerprint density at radius 2 is 1.78 bits per heavy atom. The Labute approximate surface area is 401 Å². The van der Waals surface area contributed by atoms with Crippen molar-refractivity contribution in [1.29, 1.82) is 0 Å². The molecule has 1 amide bonds. The van der Waals surface area contributed by atoms with Gasteiger partial charge in [0, 0.05) is 41.2 Å². The average molecular weight is 1000 g/mol. The van der Waals surface area contributed by atoms with Crippen LogP contribution in [0.1, 0.15) is 107 Å². The van der Waals surface area contributed by atoms with Crippen LogP contribution in [0.4, 0.5) is 10.2 Å². The quantitative estimate of drug-likeness (QED) is 0.0391. The minimum Gasteiger partial charge on any atom is -0.457 e. The van der Waals surface area contributed by atoms with Gasteiger partial charge in [-0.25, -0.2) is 18.7 Å². The van der Waals surface area contributed by atoms with E-state index in [0.29, 0.717) is 34.8 Å². The number of pyridine rings is 1. The standard InChI is InChI=1S/C45H70FN6O14PS/c1-13-29(50-63-22-30-17-16-28(20-47-30)40-48-33(23-68-40)51-67(59,60)61)21-62-39-26(6)35(49-34(53)15-3)24(4)19-43(8,57)38(66-41-36(54)31(52(11)12)18-25(5)64-41)27(7)37(55)44(9,46)42(56)65-32(14-2)45(39,10)58/h16-17,20,23-25,27,31-32,36,38-39,41,54,57-58H,13-15,18-19,21-22H2,1-12H3,(H,49,53)(H3,51,59,60,61)/t24-,25-,27+,31+,32-,36-,38-,39-,41+,43-,44+,45-/m1/s1. The molecule has 2 aliphatic heterocycles. The lowest BCUT2D eigenvalue weighted by Gasteiger charge is -2.46. The van der Waals surface area contributed by atoms with Crippen molar-refractivity contribution in [2.75, 3.05) is 25.8 Å². The van der Waals surface area contributed by atoms with Crippen LogP contribution in [0.5, 0.6) is 0 Å². The number of amides is 1. The minimum atomic E-state index is -4.53. The number of alkyl halides is 1. The molecule has 0 unspecified atom stereocenters. The van der Waals surface area contributed by atoms with Gasteiger partial charge in [-0.05, 0) is 98.0 Å². The minimum absolute atomic E-state index is 0.0217. The molecule has 20 nitrogen and oxygen atoms in total. The number of ketones is 1. The number of halogens is 1. The highest BCUT2D eigenvalue weighted by atomic mass is 32.1. The smallest absolute Gasteiger partial charge is 0.428 e. The van der Waals surface area contributed by atoms with Crippen LogP contribution in [0.15, 0.2) is 40.1 Å². The normalized spacial score (nSPS) is 32.7. The summed E-state index contributed by atoms with van der Waals surface area (Å²) in [6.07, 6.45) is -5.49. The second-order valence-corrected chi connectivity index (χ2v) is 20.7. The van der Waals surface area contributed by atoms with Crippen LogP contribution in [0.3, 0.4) is 0 Å². The first-order chi connectivity index (χ1) is 31.6. The van der Waals surface area contributed by atoms with Gasteiger partial charge in [-0.1, -0.05) is 39.8 Å². The van der Waals surface area contributed by atoms with Gasteiger partial charge in [0.2, 0.25) is 5.91 Å². The number of aliphatic hydroxyl groups is 3. The van der Waals surface area contributed by atoms with Gasteiger partial charge in [-0.3, -0.25) is 19.7 Å². The van der Waals surface area contributed by atoms with Gasteiger partial charge in [0.15, 0.2) is 18.7 Å². The van der Waals surface area contributed by atoms with E-state index in [4.69, 9.17) is 23.8 Å². The molecule has 0 aliphatic carbocycles. The average Bonchev–Trinajstić information content (AvgIpc) is 3.72. The lowest BCUT2D eigenvalue weighted by atomic mass is 9.76. The molecule has 0 bridgehead atoms. The Kier molecular flexibility index (Phi) is 19.5. The fourth-order valence-electron chi connectivity index (χ4n) is 8.66. The summed E-state index contributed by atoms with van der Waals surface area (Å²) in [5.41, 5.74) is -5.53. The van der Waals surface area contributed by atoms with E-state index < -0.39 is 97.0 Å². The number of nitrogens with one attached hydrogen (secondary N) is 2. The lowest BCUT2D eigenvalue weighted by molar-refractivity contribution is -0.293. The molecule has 68 heavy (non-hydrogen) atoms. The van der Waals surface area contributed by atoms with E-state index in [1.165, 1.54) is 32.3 Å². The number of esters is 1. The molecule has 1 fully saturated rings. The number of hydrogen-bond acceptors (Lipinski definition) is 17. The molecular weight excluding hydrogens is 931 g/mol. The third kappa shape index (κ3) is 14.2. The fraction of sp³-hybridized carbons (Fsp3) is 0.689. The van der Waals surface area contributed by atoms with E-state index in [-0.39, 0.29) is 49.6 Å². The van der Waals surface area contributed by atoms with Crippen LogP contribution in [-0.2, 0) is 49.3 Å². The maximum absolute atomic E-state index is 16.9. The first-order valence-corrected chi connectivity index (χ1v) is 25.2. The highest BCUT2D eigenvalue weighted by Crippen LogP contribution is 2.40. The Morgan fingerprint density at radius 1 is 1.10 bits per heavy atom. The maximum Gasteiger partial charge on any atom is 0.428 e. The number of nitrogens with zero attached hydrogens (tertiary/aromatic N) is 4. The summed E-state index contributed by atoms with van der Waals surface area (Å²) in [6, 6.07) is 2.94. The number of carbonyl (C=O) groups excluding carboxylic acids is 3. The van der Waals surface area contributed by atoms with Gasteiger partial charge in [-0.2, -0.15) is 0 Å². The molecule has 2 aromatic heterocycles. The SMILES string of the molecule is CCC(=O)NC1=C(C)[C@@H](OCC(CC)=NOCc2ccc(-c3nc(NP(=O)(O)O)cs3)cn2)[C@](C)(O)[C@@H](CC)OC(=O)[C@@](C)(F)C(=O)[C@H](C)[C@@H](O[C@@H]2O[C@H](C)C[C@H](N(C)C)[C@H]2O)[C@](C)(O)C[C@H]1C. The van der Waals surface area contributed by atoms with Gasteiger partial charge in [-0.15, -0.1) is 11.3 Å². The van der Waals surface area contributed by atoms with Gasteiger partial charge in [0.25, 0.3) is 5.67 Å². The van der Waals surface area contributed by atoms with Crippen molar-refractivity contribution in [2.45, 2.75) is 168 Å². The van der Waals surface area contributed by atoms with Crippen LogP contribution in [0, 0.1) is 11.8 Å². The molecule has 7 N–H and O–H groups in total. The fourth-order valence-corrected chi connectivity index (χ4v) is 9.90. The summed E-state index contributed by atoms with van der Waals surface area (Å²) < 4.78 is 52.7. The summed E-state index contributed by atoms with van der Waals surface area (Å²) in [5.74, 6) is -5.58. The molecule has 2 aromatic rings. The summed E-state index contributed by atoms with van der Waals surface area (Å²) in [7, 11) is -0.973. The number of aliphatic hydroxyl groups excluding tert-OH is 1. The molecule has 1 saturated heterocycles. The van der Waals surface area contributed by atoms with Gasteiger partial charge >= 0.3 is 13.7 Å². The van der Waals surface area contributed by atoms with E-state index in [1.807, 2.05) is 5.09 Å². The first kappa shape index (κ1) is 56.8. The molecule has 0 spiro atoms. The molecule has 2 aliphatic rings. The van der Waals surface area contributed by atoms with E-state index in [0.717, 1.165) is 18.3 Å². The van der Waals surface area contributed by atoms with Crippen LogP contribution in [-0.4, -0.2) is 144 Å². The topological polar surface area (TPSA) is 281 Å². The number of likely N-dealkylation sites (N-methyl/N-ethyl adjacent to an activating group) is 1. The van der Waals surface area contributed by atoms with Crippen molar-refractivity contribution in [1.82, 2.24) is 20.2 Å². The summed E-state index contributed by atoms with van der Waals surface area (Å²) in [4.78, 5) is 75.7. The van der Waals surface area contributed by atoms with Crippen LogP contribution < -0.4 is 10.4 Å². The van der Waals surface area contributed by atoms with E-state index in [9.17, 15) is 44.1 Å². The first-order valence-electron chi connectivity index (χ1n) is 22.7. The Morgan fingerprint density at radius 3 is 2.35 bits per heavy atom. The third-order valence-corrected chi connectivity index (χ3v) is 13.8. The second kappa shape index (κ2) is 23.4. The number of allylic oxidation sites excluding steroid dienone is 1. The van der Waals surface area contributed by atoms with Crippen LogP contribution in [0.2, 0.25) is 0 Å². The summed E-state index contributed by atoms with van der Waals surface area (Å²) >= 11 is 1.16. The molecule has 0 radical (unpaired) electrons. The Balaban J connectivity index is 1.72. The number of rotatable bonds is 16. The zero-order chi connectivity index (χ0) is 51.1. The number of hydrogen-bond donors (Lipinski definition) is 7. The Bertz CT molecular complexity index is 2170. The maximum atomic E-state index is 16.9. The molecule has 4 heterocycles. The molecular formula is C45H70FN6O14PS. The van der Waals surface area contributed by atoms with Crippen molar-refractivity contribution < 1.29 is 72.2 Å². The van der Waals surface area contributed by atoms with Crippen molar-refractivity contribution in [3.05, 3.63) is 40.7 Å². The zero-order valence-corrected chi connectivity index (χ0v) is 42.6. The Hall–Kier alpha value is -3.80. The molecule has 12 atom stereocenters. The highest BCUT2D eigenvalue weighted by Gasteiger charge is 2.55. The van der Waals surface area contributed by atoms with Crippen LogP contribution >= 0.6 is 19.1 Å². The van der Waals surface area contributed by atoms with Crippen molar-refractivity contribution in [3.63, 3.8) is 0 Å². The number of oxime groups is 1. The summed E-state index contributed by atoms with van der Waals surface area (Å²) in [6.45, 7) is 14.6. The number of aromatic nitrogens is 2. The number of carbonyl (C=O) groups is 3. The van der Waals surface area contributed by atoms with Crippen LogP contribution in [0.25, 0.3) is 10.6 Å².